The molecule has 1 rings (SSSR count). The van der Waals surface area contributed by atoms with Gasteiger partial charge in [-0.1, -0.05) is 18.2 Å². The first-order valence-electron chi connectivity index (χ1n) is 5.85. The van der Waals surface area contributed by atoms with Gasteiger partial charge in [-0.2, -0.15) is 0 Å². The highest BCUT2D eigenvalue weighted by molar-refractivity contribution is 5.79. The number of ether oxygens (including phenoxy) is 2. The van der Waals surface area contributed by atoms with Crippen molar-refractivity contribution in [1.29, 1.82) is 0 Å². The number of methoxy groups -OCH3 is 2. The monoisotopic (exact) mass is 251 g/mol. The molecule has 0 saturated heterocycles. The van der Waals surface area contributed by atoms with E-state index in [2.05, 4.69) is 0 Å². The summed E-state index contributed by atoms with van der Waals surface area (Å²) < 4.78 is 10.1. The molecule has 1 aromatic rings. The third-order valence-electron chi connectivity index (χ3n) is 3.24. The molecule has 0 bridgehead atoms. The number of carbonyl (C=O) groups is 1. The molecule has 0 radical (unpaired) electrons. The zero-order valence-electron chi connectivity index (χ0n) is 11.7. The molecule has 0 heterocycles. The predicted octanol–water partition coefficient (Wildman–Crippen LogP) is 2.08. The van der Waals surface area contributed by atoms with Crippen molar-refractivity contribution in [3.63, 3.8) is 0 Å². The Balaban J connectivity index is 2.87. The van der Waals surface area contributed by atoms with Crippen molar-refractivity contribution in [2.75, 3.05) is 21.3 Å². The summed E-state index contributed by atoms with van der Waals surface area (Å²) in [6.45, 7) is 4.30. The third-order valence-corrected chi connectivity index (χ3v) is 3.24. The largest absolute Gasteiger partial charge is 0.496 e. The van der Waals surface area contributed by atoms with Crippen LogP contribution in [0.2, 0.25) is 0 Å². The number of esters is 1. The van der Waals surface area contributed by atoms with Gasteiger partial charge in [0.05, 0.1) is 14.2 Å². The molecule has 0 aliphatic rings. The number of carbonyl (C=O) groups excluding carboxylic acids is 1. The Morgan fingerprint density at radius 1 is 1.28 bits per heavy atom. The van der Waals surface area contributed by atoms with Crippen LogP contribution in [0.15, 0.2) is 24.3 Å². The molecular weight excluding hydrogens is 230 g/mol. The van der Waals surface area contributed by atoms with E-state index in [0.29, 0.717) is 6.54 Å². The molecule has 0 unspecified atom stereocenters. The summed E-state index contributed by atoms with van der Waals surface area (Å²) in [5.41, 5.74) is 0.370. The molecule has 0 fully saturated rings. The molecule has 4 heteroatoms. The molecule has 0 amide bonds. The standard InChI is InChI=1S/C14H21NO3/c1-14(2,13(16)18-5)15(3)10-11-8-6-7-9-12(11)17-4/h6-9H,10H2,1-5H3. The fourth-order valence-electron chi connectivity index (χ4n) is 1.69. The Hall–Kier alpha value is -1.55. The summed E-state index contributed by atoms with van der Waals surface area (Å²) in [5, 5.41) is 0. The van der Waals surface area contributed by atoms with Crippen LogP contribution in [0.4, 0.5) is 0 Å². The van der Waals surface area contributed by atoms with E-state index in [1.807, 2.05) is 50.1 Å². The SMILES string of the molecule is COC(=O)C(C)(C)N(C)Cc1ccccc1OC. The van der Waals surface area contributed by atoms with Crippen molar-refractivity contribution in [2.24, 2.45) is 0 Å². The lowest BCUT2D eigenvalue weighted by Crippen LogP contribution is -2.48. The summed E-state index contributed by atoms with van der Waals surface area (Å²) in [5.74, 6) is 0.574. The molecule has 4 nitrogen and oxygen atoms in total. The maximum absolute atomic E-state index is 11.7. The van der Waals surface area contributed by atoms with E-state index in [9.17, 15) is 4.79 Å². The molecule has 1 aromatic carbocycles. The molecule has 100 valence electrons. The molecular formula is C14H21NO3. The van der Waals surface area contributed by atoms with Crippen LogP contribution in [-0.2, 0) is 16.1 Å². The number of benzene rings is 1. The fourth-order valence-corrected chi connectivity index (χ4v) is 1.69. The van der Waals surface area contributed by atoms with E-state index in [1.165, 1.54) is 7.11 Å². The molecule has 0 atom stereocenters. The summed E-state index contributed by atoms with van der Waals surface area (Å²) in [7, 11) is 4.94. The minimum atomic E-state index is -0.671. The zero-order chi connectivity index (χ0) is 13.8. The highest BCUT2D eigenvalue weighted by atomic mass is 16.5. The molecule has 0 aliphatic carbocycles. The quantitative estimate of drug-likeness (QED) is 0.751. The van der Waals surface area contributed by atoms with E-state index >= 15 is 0 Å². The van der Waals surface area contributed by atoms with E-state index in [4.69, 9.17) is 9.47 Å². The van der Waals surface area contributed by atoms with E-state index in [0.717, 1.165) is 11.3 Å². The van der Waals surface area contributed by atoms with Crippen molar-refractivity contribution in [3.8, 4) is 5.75 Å². The molecule has 0 saturated carbocycles. The van der Waals surface area contributed by atoms with E-state index in [-0.39, 0.29) is 5.97 Å². The van der Waals surface area contributed by atoms with Gasteiger partial charge >= 0.3 is 5.97 Å². The first-order chi connectivity index (χ1) is 8.43. The molecule has 18 heavy (non-hydrogen) atoms. The Labute approximate surface area is 108 Å². The number of likely N-dealkylation sites (N-methyl/N-ethyl adjacent to an activating group) is 1. The van der Waals surface area contributed by atoms with Gasteiger partial charge in [-0.3, -0.25) is 9.69 Å². The predicted molar refractivity (Wildman–Crippen MR) is 70.6 cm³/mol. The van der Waals surface area contributed by atoms with Crippen LogP contribution in [0, 0.1) is 0 Å². The normalized spacial score (nSPS) is 11.4. The van der Waals surface area contributed by atoms with Crippen LogP contribution in [-0.4, -0.2) is 37.7 Å². The second-order valence-corrected chi connectivity index (χ2v) is 4.72. The maximum atomic E-state index is 11.7. The van der Waals surface area contributed by atoms with Crippen molar-refractivity contribution in [2.45, 2.75) is 25.9 Å². The van der Waals surface area contributed by atoms with Gasteiger partial charge in [0.15, 0.2) is 0 Å². The van der Waals surface area contributed by atoms with Crippen LogP contribution < -0.4 is 4.74 Å². The second-order valence-electron chi connectivity index (χ2n) is 4.72. The van der Waals surface area contributed by atoms with Crippen LogP contribution >= 0.6 is 0 Å². The van der Waals surface area contributed by atoms with Gasteiger partial charge in [0.25, 0.3) is 0 Å². The molecule has 0 aromatic heterocycles. The lowest BCUT2D eigenvalue weighted by atomic mass is 10.0. The average molecular weight is 251 g/mol. The lowest BCUT2D eigenvalue weighted by molar-refractivity contribution is -0.152. The van der Waals surface area contributed by atoms with Gasteiger partial charge in [0.1, 0.15) is 11.3 Å². The Kier molecular flexibility index (Phi) is 4.73. The van der Waals surface area contributed by atoms with Crippen LogP contribution in [0.5, 0.6) is 5.75 Å². The van der Waals surface area contributed by atoms with Crippen LogP contribution in [0.25, 0.3) is 0 Å². The highest BCUT2D eigenvalue weighted by Gasteiger charge is 2.33. The number of para-hydroxylation sites is 1. The molecule has 0 N–H and O–H groups in total. The smallest absolute Gasteiger partial charge is 0.325 e. The van der Waals surface area contributed by atoms with Gasteiger partial charge in [-0.15, -0.1) is 0 Å². The number of hydrogen-bond acceptors (Lipinski definition) is 4. The van der Waals surface area contributed by atoms with Gasteiger partial charge < -0.3 is 9.47 Å². The van der Waals surface area contributed by atoms with Crippen molar-refractivity contribution in [1.82, 2.24) is 4.90 Å². The zero-order valence-corrected chi connectivity index (χ0v) is 11.7. The summed E-state index contributed by atoms with van der Waals surface area (Å²) in [6.07, 6.45) is 0. The van der Waals surface area contributed by atoms with Gasteiger partial charge in [0, 0.05) is 12.1 Å². The molecule has 0 aliphatic heterocycles. The maximum Gasteiger partial charge on any atom is 0.325 e. The van der Waals surface area contributed by atoms with Crippen LogP contribution in [0.3, 0.4) is 0 Å². The number of nitrogens with zero attached hydrogens (tertiary/aromatic N) is 1. The van der Waals surface area contributed by atoms with E-state index < -0.39 is 5.54 Å². The fraction of sp³-hybridized carbons (Fsp3) is 0.500. The van der Waals surface area contributed by atoms with E-state index in [1.54, 1.807) is 7.11 Å². The Morgan fingerprint density at radius 3 is 2.44 bits per heavy atom. The van der Waals surface area contributed by atoms with Gasteiger partial charge in [-0.25, -0.2) is 0 Å². The van der Waals surface area contributed by atoms with Gasteiger partial charge in [-0.05, 0) is 27.0 Å². The average Bonchev–Trinajstić information content (AvgIpc) is 2.38. The summed E-state index contributed by atoms with van der Waals surface area (Å²) >= 11 is 0. The minimum absolute atomic E-state index is 0.250. The first-order valence-corrected chi connectivity index (χ1v) is 5.85. The Bertz CT molecular complexity index is 415. The highest BCUT2D eigenvalue weighted by Crippen LogP contribution is 2.23. The Morgan fingerprint density at radius 2 is 1.89 bits per heavy atom. The van der Waals surface area contributed by atoms with Gasteiger partial charge in [0.2, 0.25) is 0 Å². The number of hydrogen-bond donors (Lipinski definition) is 0. The number of rotatable bonds is 5. The van der Waals surface area contributed by atoms with Crippen molar-refractivity contribution >= 4 is 5.97 Å². The first kappa shape index (κ1) is 14.5. The third kappa shape index (κ3) is 3.01. The van der Waals surface area contributed by atoms with Crippen LogP contribution in [0.1, 0.15) is 19.4 Å². The second kappa shape index (κ2) is 5.87. The van der Waals surface area contributed by atoms with Crippen molar-refractivity contribution in [3.05, 3.63) is 29.8 Å². The summed E-state index contributed by atoms with van der Waals surface area (Å²) in [6, 6.07) is 7.78. The summed E-state index contributed by atoms with van der Waals surface area (Å²) in [4.78, 5) is 13.7. The topological polar surface area (TPSA) is 38.8 Å². The van der Waals surface area contributed by atoms with Crippen molar-refractivity contribution < 1.29 is 14.3 Å². The minimum Gasteiger partial charge on any atom is -0.496 e. The molecule has 0 spiro atoms. The lowest BCUT2D eigenvalue weighted by Gasteiger charge is -2.33.